The predicted octanol–water partition coefficient (Wildman–Crippen LogP) is 2.37. The molecule has 9 heteroatoms. The Kier molecular flexibility index (Phi) is 7.50. The quantitative estimate of drug-likeness (QED) is 0.562. The van der Waals surface area contributed by atoms with Crippen LogP contribution in [0.5, 0.6) is 0 Å². The Balaban J connectivity index is 1.48. The summed E-state index contributed by atoms with van der Waals surface area (Å²) in [5, 5.41) is 16.4. The van der Waals surface area contributed by atoms with Crippen LogP contribution >= 0.6 is 0 Å². The summed E-state index contributed by atoms with van der Waals surface area (Å²) in [6, 6.07) is 6.01. The molecule has 0 atom stereocenters. The van der Waals surface area contributed by atoms with Crippen molar-refractivity contribution in [2.24, 2.45) is 0 Å². The number of anilines is 2. The second kappa shape index (κ2) is 10.9. The number of methoxy groups -OCH3 is 1. The third kappa shape index (κ3) is 5.86. The van der Waals surface area contributed by atoms with Crippen molar-refractivity contribution in [3.63, 3.8) is 0 Å². The maximum Gasteiger partial charge on any atom is 0.227 e. The average Bonchev–Trinajstić information content (AvgIpc) is 3.36. The van der Waals surface area contributed by atoms with Gasteiger partial charge in [-0.1, -0.05) is 0 Å². The normalized spacial score (nSPS) is 15.8. The fourth-order valence-corrected chi connectivity index (χ4v) is 4.07. The van der Waals surface area contributed by atoms with E-state index in [-0.39, 0.29) is 0 Å². The van der Waals surface area contributed by atoms with Crippen molar-refractivity contribution >= 4 is 11.8 Å². The maximum atomic E-state index is 9.67. The van der Waals surface area contributed by atoms with E-state index in [1.54, 1.807) is 19.5 Å². The van der Waals surface area contributed by atoms with Gasteiger partial charge in [0.15, 0.2) is 0 Å². The number of aromatic nitrogens is 3. The first-order chi connectivity index (χ1) is 16.2. The van der Waals surface area contributed by atoms with Gasteiger partial charge in [0, 0.05) is 70.2 Å². The Morgan fingerprint density at radius 1 is 1.24 bits per heavy atom. The van der Waals surface area contributed by atoms with E-state index < -0.39 is 0 Å². The van der Waals surface area contributed by atoms with Gasteiger partial charge in [0.25, 0.3) is 0 Å². The number of nitrogens with one attached hydrogen (secondary N) is 2. The standard InChI is InChI=1S/C24H30N8O/c1-31-16-18(14-26-7-10-33-2)11-21(17-31)29-24-27-6-5-22(30-24)20-12-19(13-25)23(28-15-20)32-8-3-4-9-32/h5-6,11-12,15-16,26H,3-4,7-10,14,17H2,1-2H3,(H,27,29,30). The van der Waals surface area contributed by atoms with Gasteiger partial charge in [-0.2, -0.15) is 5.26 Å². The Hall–Kier alpha value is -3.48. The van der Waals surface area contributed by atoms with Crippen LogP contribution in [0.3, 0.4) is 0 Å². The maximum absolute atomic E-state index is 9.67. The van der Waals surface area contributed by atoms with Gasteiger partial charge in [-0.3, -0.25) is 0 Å². The molecule has 0 aromatic carbocycles. The molecule has 2 aromatic rings. The van der Waals surface area contributed by atoms with Gasteiger partial charge in [0.2, 0.25) is 5.95 Å². The number of rotatable bonds is 9. The zero-order chi connectivity index (χ0) is 23.0. The monoisotopic (exact) mass is 446 g/mol. The highest BCUT2D eigenvalue weighted by atomic mass is 16.5. The van der Waals surface area contributed by atoms with E-state index in [4.69, 9.17) is 4.74 Å². The zero-order valence-corrected chi connectivity index (χ0v) is 19.2. The van der Waals surface area contributed by atoms with E-state index in [9.17, 15) is 5.26 Å². The molecule has 0 amide bonds. The van der Waals surface area contributed by atoms with Crippen molar-refractivity contribution in [2.45, 2.75) is 12.8 Å². The van der Waals surface area contributed by atoms with Gasteiger partial charge in [0.1, 0.15) is 11.9 Å². The van der Waals surface area contributed by atoms with E-state index in [1.807, 2.05) is 19.2 Å². The average molecular weight is 447 g/mol. The minimum atomic E-state index is 0.517. The topological polar surface area (TPSA) is 102 Å². The minimum Gasteiger partial charge on any atom is -0.383 e. The van der Waals surface area contributed by atoms with E-state index in [0.717, 1.165) is 68.3 Å². The van der Waals surface area contributed by atoms with Crippen molar-refractivity contribution in [1.82, 2.24) is 25.2 Å². The fraction of sp³-hybridized carbons (Fsp3) is 0.417. The van der Waals surface area contributed by atoms with Crippen molar-refractivity contribution in [3.05, 3.63) is 53.6 Å². The summed E-state index contributed by atoms with van der Waals surface area (Å²) >= 11 is 0. The number of likely N-dealkylation sites (N-methyl/N-ethyl adjacent to an activating group) is 1. The van der Waals surface area contributed by atoms with Crippen LogP contribution in [0.1, 0.15) is 18.4 Å². The third-order valence-electron chi connectivity index (χ3n) is 5.59. The van der Waals surface area contributed by atoms with Crippen LogP contribution in [0.4, 0.5) is 11.8 Å². The summed E-state index contributed by atoms with van der Waals surface area (Å²) in [4.78, 5) is 18.0. The molecule has 2 N–H and O–H groups in total. The number of nitriles is 1. The predicted molar refractivity (Wildman–Crippen MR) is 129 cm³/mol. The molecule has 2 aromatic heterocycles. The molecular weight excluding hydrogens is 416 g/mol. The highest BCUT2D eigenvalue weighted by Gasteiger charge is 2.18. The molecule has 1 fully saturated rings. The van der Waals surface area contributed by atoms with E-state index in [1.165, 1.54) is 5.57 Å². The molecule has 0 unspecified atom stereocenters. The molecule has 0 radical (unpaired) electrons. The Labute approximate surface area is 194 Å². The van der Waals surface area contributed by atoms with Gasteiger partial charge >= 0.3 is 0 Å². The Morgan fingerprint density at radius 3 is 2.88 bits per heavy atom. The molecular formula is C24H30N8O. The smallest absolute Gasteiger partial charge is 0.227 e. The van der Waals surface area contributed by atoms with Crippen LogP contribution < -0.4 is 15.5 Å². The summed E-state index contributed by atoms with van der Waals surface area (Å²) in [5.41, 5.74) is 4.29. The summed E-state index contributed by atoms with van der Waals surface area (Å²) in [7, 11) is 3.74. The van der Waals surface area contributed by atoms with Crippen LogP contribution in [0.15, 0.2) is 48.1 Å². The van der Waals surface area contributed by atoms with Crippen molar-refractivity contribution in [1.29, 1.82) is 5.26 Å². The van der Waals surface area contributed by atoms with E-state index >= 15 is 0 Å². The molecule has 4 rings (SSSR count). The molecule has 0 bridgehead atoms. The highest BCUT2D eigenvalue weighted by molar-refractivity contribution is 5.66. The Morgan fingerprint density at radius 2 is 2.09 bits per heavy atom. The number of pyridine rings is 1. The number of hydrogen-bond acceptors (Lipinski definition) is 9. The second-order valence-electron chi connectivity index (χ2n) is 8.25. The molecule has 2 aliphatic heterocycles. The molecule has 172 valence electrons. The minimum absolute atomic E-state index is 0.517. The van der Waals surface area contributed by atoms with Gasteiger partial charge in [-0.25, -0.2) is 15.0 Å². The highest BCUT2D eigenvalue weighted by Crippen LogP contribution is 2.26. The first kappa shape index (κ1) is 22.7. The SMILES string of the molecule is COCCNCC1=CN(C)CC(Nc2nccc(-c3cnc(N4CCCC4)c(C#N)c3)n2)=C1. The largest absolute Gasteiger partial charge is 0.383 e. The molecule has 33 heavy (non-hydrogen) atoms. The zero-order valence-electron chi connectivity index (χ0n) is 19.2. The molecule has 1 saturated heterocycles. The van der Waals surface area contributed by atoms with Crippen molar-refractivity contribution in [2.75, 3.05) is 63.7 Å². The van der Waals surface area contributed by atoms with Gasteiger partial charge in [-0.05, 0) is 36.6 Å². The molecule has 0 saturated carbocycles. The number of ether oxygens (including phenoxy) is 1. The Bertz CT molecular complexity index is 1070. The van der Waals surface area contributed by atoms with E-state index in [2.05, 4.69) is 53.7 Å². The third-order valence-corrected chi connectivity index (χ3v) is 5.59. The lowest BCUT2D eigenvalue weighted by Gasteiger charge is -2.24. The summed E-state index contributed by atoms with van der Waals surface area (Å²) in [6.07, 6.45) is 10.0. The molecule has 0 spiro atoms. The van der Waals surface area contributed by atoms with Crippen LogP contribution in [-0.4, -0.2) is 73.3 Å². The van der Waals surface area contributed by atoms with Crippen molar-refractivity contribution < 1.29 is 4.74 Å². The van der Waals surface area contributed by atoms with Gasteiger partial charge < -0.3 is 25.2 Å². The van der Waals surface area contributed by atoms with E-state index in [0.29, 0.717) is 18.1 Å². The summed E-state index contributed by atoms with van der Waals surface area (Å²) in [6.45, 7) is 4.87. The lowest BCUT2D eigenvalue weighted by Crippen LogP contribution is -2.27. The first-order valence-electron chi connectivity index (χ1n) is 11.2. The molecule has 0 aliphatic carbocycles. The van der Waals surface area contributed by atoms with Crippen LogP contribution in [0.2, 0.25) is 0 Å². The molecule has 4 heterocycles. The van der Waals surface area contributed by atoms with Crippen LogP contribution in [-0.2, 0) is 4.74 Å². The number of nitrogens with zero attached hydrogens (tertiary/aromatic N) is 6. The van der Waals surface area contributed by atoms with Crippen LogP contribution in [0.25, 0.3) is 11.3 Å². The summed E-state index contributed by atoms with van der Waals surface area (Å²) < 4.78 is 5.09. The van der Waals surface area contributed by atoms with Crippen LogP contribution in [0, 0.1) is 11.3 Å². The fourth-order valence-electron chi connectivity index (χ4n) is 4.07. The first-order valence-corrected chi connectivity index (χ1v) is 11.2. The lowest BCUT2D eigenvalue weighted by molar-refractivity contribution is 0.200. The second-order valence-corrected chi connectivity index (χ2v) is 8.25. The van der Waals surface area contributed by atoms with Gasteiger partial charge in [-0.15, -0.1) is 0 Å². The lowest BCUT2D eigenvalue weighted by atomic mass is 10.1. The summed E-state index contributed by atoms with van der Waals surface area (Å²) in [5.74, 6) is 1.28. The van der Waals surface area contributed by atoms with Gasteiger partial charge in [0.05, 0.1) is 24.4 Å². The van der Waals surface area contributed by atoms with Crippen molar-refractivity contribution in [3.8, 4) is 17.3 Å². The molecule has 2 aliphatic rings. The number of hydrogen-bond donors (Lipinski definition) is 2. The molecule has 9 nitrogen and oxygen atoms in total.